The van der Waals surface area contributed by atoms with Gasteiger partial charge in [0.2, 0.25) is 0 Å². The van der Waals surface area contributed by atoms with Gasteiger partial charge < -0.3 is 14.4 Å². The molecule has 0 spiro atoms. The second kappa shape index (κ2) is 8.22. The lowest BCUT2D eigenvalue weighted by molar-refractivity contribution is 0.0627. The fourth-order valence-corrected chi connectivity index (χ4v) is 3.76. The van der Waals surface area contributed by atoms with Crippen LogP contribution in [0, 0.1) is 4.77 Å². The number of carbonyl (C=O) groups excluding carboxylic acids is 1. The van der Waals surface area contributed by atoms with Crippen molar-refractivity contribution in [3.63, 3.8) is 0 Å². The number of piperazine rings is 1. The van der Waals surface area contributed by atoms with Gasteiger partial charge in [-0.25, -0.2) is 0 Å². The lowest BCUT2D eigenvalue weighted by Crippen LogP contribution is -2.48. The van der Waals surface area contributed by atoms with Gasteiger partial charge in [-0.05, 0) is 42.5 Å². The Hall–Kier alpha value is -2.91. The topological polar surface area (TPSA) is 75.1 Å². The molecule has 0 unspecified atom stereocenters. The van der Waals surface area contributed by atoms with E-state index in [2.05, 4.69) is 15.1 Å². The number of H-pyrrole nitrogens is 1. The van der Waals surface area contributed by atoms with Crippen LogP contribution >= 0.6 is 12.2 Å². The van der Waals surface area contributed by atoms with Crippen molar-refractivity contribution in [1.82, 2.24) is 24.4 Å². The minimum absolute atomic E-state index is 0.00797. The zero-order chi connectivity index (χ0) is 20.4. The third-order valence-electron chi connectivity index (χ3n) is 5.20. The molecule has 1 amide bonds. The third-order valence-corrected chi connectivity index (χ3v) is 5.49. The van der Waals surface area contributed by atoms with Crippen LogP contribution in [0.4, 0.5) is 0 Å². The number of aromatic amines is 1. The summed E-state index contributed by atoms with van der Waals surface area (Å²) < 4.78 is 13.0. The van der Waals surface area contributed by atoms with Crippen LogP contribution in [0.1, 0.15) is 15.9 Å². The van der Waals surface area contributed by atoms with E-state index in [-0.39, 0.29) is 5.91 Å². The van der Waals surface area contributed by atoms with Gasteiger partial charge in [-0.1, -0.05) is 0 Å². The Bertz CT molecular complexity index is 1090. The Balaban J connectivity index is 1.42. The molecule has 3 heterocycles. The van der Waals surface area contributed by atoms with Crippen LogP contribution in [0.5, 0.6) is 11.5 Å². The highest BCUT2D eigenvalue weighted by molar-refractivity contribution is 7.71. The standard InChI is InChI=1S/C20H23N5O3S/c1-27-16-4-5-17(28-2)15(11-16)12-23-7-9-24(10-8-23)19(26)14-3-6-18-21-22-20(29)25(18)13-14/h3-6,11,13H,7-10,12H2,1-2H3,(H,22,29). The maximum atomic E-state index is 12.9. The predicted molar refractivity (Wildman–Crippen MR) is 111 cm³/mol. The van der Waals surface area contributed by atoms with E-state index in [9.17, 15) is 4.79 Å². The summed E-state index contributed by atoms with van der Waals surface area (Å²) in [5, 5.41) is 6.84. The van der Waals surface area contributed by atoms with E-state index in [4.69, 9.17) is 21.7 Å². The molecular formula is C20H23N5O3S. The molecule has 0 radical (unpaired) electrons. The summed E-state index contributed by atoms with van der Waals surface area (Å²) in [6.45, 7) is 3.66. The van der Waals surface area contributed by atoms with E-state index in [0.29, 0.717) is 29.1 Å². The number of carbonyl (C=O) groups is 1. The molecule has 3 aromatic rings. The van der Waals surface area contributed by atoms with Crippen LogP contribution in [-0.4, -0.2) is 70.7 Å². The zero-order valence-corrected chi connectivity index (χ0v) is 17.2. The maximum Gasteiger partial charge on any atom is 0.255 e. The van der Waals surface area contributed by atoms with Crippen molar-refractivity contribution < 1.29 is 14.3 Å². The molecule has 29 heavy (non-hydrogen) atoms. The highest BCUT2D eigenvalue weighted by Gasteiger charge is 2.23. The molecule has 1 N–H and O–H groups in total. The van der Waals surface area contributed by atoms with Crippen LogP contribution in [-0.2, 0) is 6.54 Å². The van der Waals surface area contributed by atoms with Crippen molar-refractivity contribution in [3.05, 3.63) is 52.4 Å². The van der Waals surface area contributed by atoms with Gasteiger partial charge in [0, 0.05) is 44.5 Å². The molecule has 1 aliphatic heterocycles. The number of hydrogen-bond acceptors (Lipinski definition) is 6. The lowest BCUT2D eigenvalue weighted by atomic mass is 10.1. The molecule has 152 valence electrons. The first-order valence-corrected chi connectivity index (χ1v) is 9.79. The normalized spacial score (nSPS) is 14.9. The molecule has 0 bridgehead atoms. The van der Waals surface area contributed by atoms with Gasteiger partial charge in [-0.15, -0.1) is 0 Å². The molecule has 1 aliphatic rings. The first kappa shape index (κ1) is 19.4. The number of fused-ring (bicyclic) bond motifs is 1. The van der Waals surface area contributed by atoms with Crippen LogP contribution in [0.2, 0.25) is 0 Å². The average molecular weight is 414 g/mol. The molecule has 1 saturated heterocycles. The molecule has 8 nitrogen and oxygen atoms in total. The molecular weight excluding hydrogens is 390 g/mol. The van der Waals surface area contributed by atoms with Gasteiger partial charge in [-0.2, -0.15) is 5.10 Å². The number of pyridine rings is 1. The molecule has 0 saturated carbocycles. The molecule has 2 aromatic heterocycles. The summed E-state index contributed by atoms with van der Waals surface area (Å²) >= 11 is 5.20. The Kier molecular flexibility index (Phi) is 5.50. The van der Waals surface area contributed by atoms with E-state index in [1.54, 1.807) is 36.9 Å². The smallest absolute Gasteiger partial charge is 0.255 e. The minimum Gasteiger partial charge on any atom is -0.497 e. The summed E-state index contributed by atoms with van der Waals surface area (Å²) in [7, 11) is 3.33. The number of amides is 1. The fourth-order valence-electron chi connectivity index (χ4n) is 3.57. The lowest BCUT2D eigenvalue weighted by Gasteiger charge is -2.35. The summed E-state index contributed by atoms with van der Waals surface area (Å²) in [6.07, 6.45) is 1.75. The van der Waals surface area contributed by atoms with Crippen molar-refractivity contribution >= 4 is 23.8 Å². The second-order valence-corrected chi connectivity index (χ2v) is 7.31. The monoisotopic (exact) mass is 413 g/mol. The molecule has 9 heteroatoms. The third kappa shape index (κ3) is 3.96. The van der Waals surface area contributed by atoms with Gasteiger partial charge >= 0.3 is 0 Å². The number of rotatable bonds is 5. The highest BCUT2D eigenvalue weighted by atomic mass is 32.1. The van der Waals surface area contributed by atoms with Gasteiger partial charge in [0.25, 0.3) is 5.91 Å². The molecule has 0 aliphatic carbocycles. The van der Waals surface area contributed by atoms with Gasteiger partial charge in [0.05, 0.1) is 19.8 Å². The number of nitrogens with zero attached hydrogens (tertiary/aromatic N) is 4. The van der Waals surface area contributed by atoms with Gasteiger partial charge in [0.15, 0.2) is 10.4 Å². The van der Waals surface area contributed by atoms with E-state index in [1.165, 1.54) is 0 Å². The number of nitrogens with one attached hydrogen (secondary N) is 1. The van der Waals surface area contributed by atoms with Gasteiger partial charge in [-0.3, -0.25) is 19.2 Å². The molecule has 4 rings (SSSR count). The summed E-state index contributed by atoms with van der Waals surface area (Å²) in [6, 6.07) is 9.40. The van der Waals surface area contributed by atoms with Crippen molar-refractivity contribution in [1.29, 1.82) is 0 Å². The van der Waals surface area contributed by atoms with Crippen molar-refractivity contribution in [3.8, 4) is 11.5 Å². The van der Waals surface area contributed by atoms with E-state index in [0.717, 1.165) is 36.7 Å². The Morgan fingerprint density at radius 2 is 1.93 bits per heavy atom. The molecule has 0 atom stereocenters. The van der Waals surface area contributed by atoms with Crippen LogP contribution < -0.4 is 9.47 Å². The van der Waals surface area contributed by atoms with Crippen LogP contribution in [0.3, 0.4) is 0 Å². The highest BCUT2D eigenvalue weighted by Crippen LogP contribution is 2.25. The Morgan fingerprint density at radius 3 is 2.66 bits per heavy atom. The number of benzene rings is 1. The van der Waals surface area contributed by atoms with Crippen molar-refractivity contribution in [2.45, 2.75) is 6.54 Å². The average Bonchev–Trinajstić information content (AvgIpc) is 3.14. The molecule has 1 fully saturated rings. The number of hydrogen-bond donors (Lipinski definition) is 1. The van der Waals surface area contributed by atoms with Gasteiger partial charge in [0.1, 0.15) is 11.5 Å². The van der Waals surface area contributed by atoms with Crippen LogP contribution in [0.15, 0.2) is 36.5 Å². The second-order valence-electron chi connectivity index (χ2n) is 6.92. The number of methoxy groups -OCH3 is 2. The van der Waals surface area contributed by atoms with E-state index in [1.807, 2.05) is 23.1 Å². The Morgan fingerprint density at radius 1 is 1.14 bits per heavy atom. The summed E-state index contributed by atoms with van der Waals surface area (Å²) in [5.41, 5.74) is 2.38. The number of aromatic nitrogens is 3. The quantitative estimate of drug-likeness (QED) is 0.648. The minimum atomic E-state index is 0.00797. The predicted octanol–water partition coefficient (Wildman–Crippen LogP) is 2.37. The molecule has 1 aromatic carbocycles. The SMILES string of the molecule is COc1ccc(OC)c(CN2CCN(C(=O)c3ccc4n[nH]c(=S)n4c3)CC2)c1. The first-order valence-electron chi connectivity index (χ1n) is 9.38. The van der Waals surface area contributed by atoms with Crippen LogP contribution in [0.25, 0.3) is 5.65 Å². The maximum absolute atomic E-state index is 12.9. The summed E-state index contributed by atoms with van der Waals surface area (Å²) in [4.78, 5) is 17.1. The van der Waals surface area contributed by atoms with E-state index < -0.39 is 0 Å². The zero-order valence-electron chi connectivity index (χ0n) is 16.4. The Labute approximate surface area is 173 Å². The van der Waals surface area contributed by atoms with Crippen molar-refractivity contribution in [2.75, 3.05) is 40.4 Å². The largest absolute Gasteiger partial charge is 0.497 e. The fraction of sp³-hybridized carbons (Fsp3) is 0.350. The number of ether oxygens (including phenoxy) is 2. The van der Waals surface area contributed by atoms with Crippen molar-refractivity contribution in [2.24, 2.45) is 0 Å². The van der Waals surface area contributed by atoms with E-state index >= 15 is 0 Å². The summed E-state index contributed by atoms with van der Waals surface area (Å²) in [5.74, 6) is 1.66. The first-order chi connectivity index (χ1) is 14.1.